The van der Waals surface area contributed by atoms with Gasteiger partial charge in [-0.15, -0.1) is 0 Å². The summed E-state index contributed by atoms with van der Waals surface area (Å²) in [7, 11) is 0. The summed E-state index contributed by atoms with van der Waals surface area (Å²) < 4.78 is 5.43. The van der Waals surface area contributed by atoms with Crippen molar-refractivity contribution in [3.63, 3.8) is 0 Å². The van der Waals surface area contributed by atoms with Gasteiger partial charge in [0.05, 0.1) is 6.54 Å². The van der Waals surface area contributed by atoms with E-state index in [2.05, 4.69) is 5.32 Å². The first-order chi connectivity index (χ1) is 9.11. The molecule has 1 aliphatic rings. The molecule has 1 aliphatic carbocycles. The van der Waals surface area contributed by atoms with E-state index in [0.717, 1.165) is 12.8 Å². The Hall–Kier alpha value is -1.33. The summed E-state index contributed by atoms with van der Waals surface area (Å²) in [6.07, 6.45) is 4.45. The number of aliphatic hydroxyl groups excluding tert-OH is 1. The van der Waals surface area contributed by atoms with E-state index >= 15 is 0 Å². The van der Waals surface area contributed by atoms with Crippen LogP contribution in [0.25, 0.3) is 0 Å². The second-order valence-corrected chi connectivity index (χ2v) is 5.20. The molecule has 19 heavy (non-hydrogen) atoms. The van der Waals surface area contributed by atoms with Gasteiger partial charge >= 0.3 is 5.97 Å². The topological polar surface area (TPSA) is 82.7 Å². The summed E-state index contributed by atoms with van der Waals surface area (Å²) in [6.45, 7) is 2.37. The summed E-state index contributed by atoms with van der Waals surface area (Å²) in [6, 6.07) is 1.86. The van der Waals surface area contributed by atoms with E-state index in [1.54, 1.807) is 13.0 Å². The van der Waals surface area contributed by atoms with Crippen LogP contribution < -0.4 is 5.32 Å². The molecular weight excluding hydrogens is 246 g/mol. The average molecular weight is 267 g/mol. The molecule has 1 aromatic rings. The van der Waals surface area contributed by atoms with Crippen LogP contribution in [0.3, 0.4) is 0 Å². The number of furan rings is 1. The molecule has 0 bridgehead atoms. The average Bonchev–Trinajstić information content (AvgIpc) is 2.78. The van der Waals surface area contributed by atoms with Crippen LogP contribution in [0.2, 0.25) is 0 Å². The van der Waals surface area contributed by atoms with Crippen LogP contribution in [0.1, 0.15) is 47.6 Å². The smallest absolute Gasteiger partial charge is 0.339 e. The van der Waals surface area contributed by atoms with Gasteiger partial charge in [-0.2, -0.15) is 0 Å². The van der Waals surface area contributed by atoms with Crippen molar-refractivity contribution in [2.75, 3.05) is 6.61 Å². The van der Waals surface area contributed by atoms with Crippen LogP contribution >= 0.6 is 0 Å². The first kappa shape index (κ1) is 14.1. The minimum absolute atomic E-state index is 0.204. The van der Waals surface area contributed by atoms with Gasteiger partial charge in [-0.1, -0.05) is 12.8 Å². The highest BCUT2D eigenvalue weighted by Crippen LogP contribution is 2.24. The van der Waals surface area contributed by atoms with E-state index < -0.39 is 5.97 Å². The molecule has 1 saturated carbocycles. The molecule has 0 saturated heterocycles. The summed E-state index contributed by atoms with van der Waals surface area (Å²) in [5.41, 5.74) is 0.221. The molecule has 2 atom stereocenters. The minimum atomic E-state index is -0.960. The van der Waals surface area contributed by atoms with Crippen LogP contribution in [-0.4, -0.2) is 28.8 Å². The molecule has 0 spiro atoms. The van der Waals surface area contributed by atoms with Crippen molar-refractivity contribution >= 4 is 5.97 Å². The van der Waals surface area contributed by atoms with E-state index in [4.69, 9.17) is 9.52 Å². The molecule has 0 aliphatic heterocycles. The van der Waals surface area contributed by atoms with Gasteiger partial charge in [-0.3, -0.25) is 0 Å². The highest BCUT2D eigenvalue weighted by atomic mass is 16.4. The molecule has 1 aromatic heterocycles. The molecule has 2 unspecified atom stereocenters. The van der Waals surface area contributed by atoms with Crippen LogP contribution in [0, 0.1) is 12.8 Å². The quantitative estimate of drug-likeness (QED) is 0.759. The molecule has 2 rings (SSSR count). The number of aliphatic hydroxyl groups is 1. The van der Waals surface area contributed by atoms with Crippen molar-refractivity contribution in [3.05, 3.63) is 23.2 Å². The number of aromatic carboxylic acids is 1. The van der Waals surface area contributed by atoms with Gasteiger partial charge in [-0.25, -0.2) is 4.79 Å². The number of aryl methyl sites for hydroxylation is 1. The minimum Gasteiger partial charge on any atom is -0.478 e. The molecule has 5 heteroatoms. The van der Waals surface area contributed by atoms with Crippen molar-refractivity contribution in [2.24, 2.45) is 5.92 Å². The number of hydrogen-bond acceptors (Lipinski definition) is 4. The van der Waals surface area contributed by atoms with Crippen LogP contribution in [0.15, 0.2) is 10.5 Å². The third-order valence-corrected chi connectivity index (χ3v) is 3.88. The van der Waals surface area contributed by atoms with Crippen molar-refractivity contribution in [3.8, 4) is 0 Å². The lowest BCUT2D eigenvalue weighted by Crippen LogP contribution is -2.39. The normalized spacial score (nSPS) is 23.5. The molecule has 1 fully saturated rings. The fraction of sp³-hybridized carbons (Fsp3) is 0.643. The van der Waals surface area contributed by atoms with E-state index in [-0.39, 0.29) is 18.2 Å². The number of carboxylic acids is 1. The molecule has 1 heterocycles. The lowest BCUT2D eigenvalue weighted by molar-refractivity contribution is 0.0695. The van der Waals surface area contributed by atoms with E-state index in [9.17, 15) is 9.90 Å². The maximum Gasteiger partial charge on any atom is 0.339 e. The molecule has 0 radical (unpaired) electrons. The molecule has 106 valence electrons. The molecule has 0 amide bonds. The van der Waals surface area contributed by atoms with Crippen molar-refractivity contribution < 1.29 is 19.4 Å². The van der Waals surface area contributed by atoms with Gasteiger partial charge in [-0.05, 0) is 31.7 Å². The van der Waals surface area contributed by atoms with Gasteiger partial charge in [0.15, 0.2) is 0 Å². The zero-order chi connectivity index (χ0) is 13.8. The van der Waals surface area contributed by atoms with Crippen LogP contribution in [0.5, 0.6) is 0 Å². The van der Waals surface area contributed by atoms with Gasteiger partial charge in [0.1, 0.15) is 17.1 Å². The molecule has 3 N–H and O–H groups in total. The van der Waals surface area contributed by atoms with Crippen molar-refractivity contribution in [1.29, 1.82) is 0 Å². The standard InChI is InChI=1S/C14H21NO4/c1-9-12(14(17)18)6-11(19-9)7-15-13-5-3-2-4-10(13)8-16/h6,10,13,15-16H,2-5,7-8H2,1H3,(H,17,18). The predicted octanol–water partition coefficient (Wildman–Crippen LogP) is 1.93. The fourth-order valence-electron chi connectivity index (χ4n) is 2.77. The number of carboxylic acid groups (broad SMARTS) is 1. The third kappa shape index (κ3) is 3.36. The van der Waals surface area contributed by atoms with E-state index in [1.807, 2.05) is 0 Å². The van der Waals surface area contributed by atoms with Crippen molar-refractivity contribution in [1.82, 2.24) is 5.32 Å². The summed E-state index contributed by atoms with van der Waals surface area (Å²) >= 11 is 0. The van der Waals surface area contributed by atoms with Gasteiger partial charge in [0.2, 0.25) is 0 Å². The fourth-order valence-corrected chi connectivity index (χ4v) is 2.77. The Labute approximate surface area is 112 Å². The van der Waals surface area contributed by atoms with E-state index in [1.165, 1.54) is 12.8 Å². The Bertz CT molecular complexity index is 441. The maximum atomic E-state index is 10.9. The third-order valence-electron chi connectivity index (χ3n) is 3.88. The molecular formula is C14H21NO4. The van der Waals surface area contributed by atoms with Crippen molar-refractivity contribution in [2.45, 2.75) is 45.2 Å². The number of hydrogen-bond donors (Lipinski definition) is 3. The Morgan fingerprint density at radius 2 is 2.21 bits per heavy atom. The van der Waals surface area contributed by atoms with Gasteiger partial charge in [0, 0.05) is 12.6 Å². The first-order valence-corrected chi connectivity index (χ1v) is 6.78. The van der Waals surface area contributed by atoms with E-state index in [0.29, 0.717) is 24.0 Å². The Morgan fingerprint density at radius 3 is 2.84 bits per heavy atom. The van der Waals surface area contributed by atoms with Crippen LogP contribution in [-0.2, 0) is 6.54 Å². The lowest BCUT2D eigenvalue weighted by Gasteiger charge is -2.30. The highest BCUT2D eigenvalue weighted by molar-refractivity contribution is 5.88. The summed E-state index contributed by atoms with van der Waals surface area (Å²) in [5, 5.41) is 21.7. The molecule has 0 aromatic carbocycles. The number of nitrogens with one attached hydrogen (secondary N) is 1. The van der Waals surface area contributed by atoms with Gasteiger partial charge < -0.3 is 19.9 Å². The van der Waals surface area contributed by atoms with Crippen LogP contribution in [0.4, 0.5) is 0 Å². The number of carbonyl (C=O) groups is 1. The predicted molar refractivity (Wildman–Crippen MR) is 70.1 cm³/mol. The molecule has 5 nitrogen and oxygen atoms in total. The monoisotopic (exact) mass is 267 g/mol. The number of rotatable bonds is 5. The summed E-state index contributed by atoms with van der Waals surface area (Å²) in [5.74, 6) is 0.408. The zero-order valence-electron chi connectivity index (χ0n) is 11.2. The maximum absolute atomic E-state index is 10.9. The Morgan fingerprint density at radius 1 is 1.47 bits per heavy atom. The summed E-state index contributed by atoms with van der Waals surface area (Å²) in [4.78, 5) is 10.9. The first-order valence-electron chi connectivity index (χ1n) is 6.78. The second kappa shape index (κ2) is 6.21. The highest BCUT2D eigenvalue weighted by Gasteiger charge is 2.24. The van der Waals surface area contributed by atoms with Gasteiger partial charge in [0.25, 0.3) is 0 Å². The second-order valence-electron chi connectivity index (χ2n) is 5.20. The zero-order valence-corrected chi connectivity index (χ0v) is 11.2. The largest absolute Gasteiger partial charge is 0.478 e. The lowest BCUT2D eigenvalue weighted by atomic mass is 9.85. The Kier molecular flexibility index (Phi) is 4.61. The Balaban J connectivity index is 1.94. The SMILES string of the molecule is Cc1oc(CNC2CCCCC2CO)cc1C(=O)O.